The van der Waals surface area contributed by atoms with Crippen molar-refractivity contribution in [3.63, 3.8) is 0 Å². The van der Waals surface area contributed by atoms with Crippen LogP contribution in [0.25, 0.3) is 22.9 Å². The Bertz CT molecular complexity index is 1670. The number of carbonyl (C=O) groups excluding carboxylic acids is 2. The number of hydrogen-bond donors (Lipinski definition) is 0. The Kier molecular flexibility index (Phi) is 6.78. The molecule has 10 nitrogen and oxygen atoms in total. The third kappa shape index (κ3) is 5.01. The molecule has 2 aliphatic rings. The minimum atomic E-state index is -0.789. The van der Waals surface area contributed by atoms with Crippen LogP contribution in [0.4, 0.5) is 13.6 Å². The summed E-state index contributed by atoms with van der Waals surface area (Å²) in [6.45, 7) is 6.65. The molecule has 2 aromatic heterocycles. The van der Waals surface area contributed by atoms with Crippen LogP contribution in [0.5, 0.6) is 5.75 Å². The Morgan fingerprint density at radius 2 is 1.90 bits per heavy atom. The fourth-order valence-corrected chi connectivity index (χ4v) is 5.45. The number of hydrogen-bond acceptors (Lipinski definition) is 7. The van der Waals surface area contributed by atoms with Crippen molar-refractivity contribution < 1.29 is 27.8 Å². The van der Waals surface area contributed by atoms with Crippen molar-refractivity contribution in [2.75, 3.05) is 19.7 Å². The molecule has 1 fully saturated rings. The maximum atomic E-state index is 14.6. The zero-order valence-electron chi connectivity index (χ0n) is 23.5. The summed E-state index contributed by atoms with van der Waals surface area (Å²) < 4.78 is 42.4. The van der Waals surface area contributed by atoms with Gasteiger partial charge in [0.2, 0.25) is 0 Å². The second-order valence-electron chi connectivity index (χ2n) is 11.6. The smallest absolute Gasteiger partial charge is 0.410 e. The summed E-state index contributed by atoms with van der Waals surface area (Å²) in [6.07, 6.45) is 5.10. The second-order valence-corrected chi connectivity index (χ2v) is 11.6. The van der Waals surface area contributed by atoms with E-state index in [0.29, 0.717) is 56.0 Å². The largest absolute Gasteiger partial charge is 0.493 e. The van der Waals surface area contributed by atoms with Crippen molar-refractivity contribution in [1.29, 1.82) is 0 Å². The first-order chi connectivity index (χ1) is 20.1. The van der Waals surface area contributed by atoms with Gasteiger partial charge in [-0.25, -0.2) is 18.3 Å². The van der Waals surface area contributed by atoms with Gasteiger partial charge in [-0.2, -0.15) is 19.9 Å². The molecule has 0 atom stereocenters. The molecule has 42 heavy (non-hydrogen) atoms. The molecule has 0 aliphatic carbocycles. The van der Waals surface area contributed by atoms with E-state index in [-0.39, 0.29) is 17.7 Å². The van der Waals surface area contributed by atoms with Crippen LogP contribution in [-0.4, -0.2) is 67.1 Å². The van der Waals surface area contributed by atoms with Gasteiger partial charge in [0, 0.05) is 42.9 Å². The van der Waals surface area contributed by atoms with Gasteiger partial charge in [0.15, 0.2) is 5.82 Å². The molecule has 1 saturated heterocycles. The summed E-state index contributed by atoms with van der Waals surface area (Å²) >= 11 is 0. The molecular weight excluding hydrogens is 546 g/mol. The van der Waals surface area contributed by atoms with Crippen molar-refractivity contribution >= 4 is 12.4 Å². The van der Waals surface area contributed by atoms with Crippen LogP contribution in [-0.2, 0) is 21.4 Å². The number of amides is 1. The lowest BCUT2D eigenvalue weighted by Gasteiger charge is -2.39. The first-order valence-electron chi connectivity index (χ1n) is 13.7. The van der Waals surface area contributed by atoms with Crippen LogP contribution < -0.4 is 4.74 Å². The number of carbonyl (C=O) groups is 2. The van der Waals surface area contributed by atoms with E-state index >= 15 is 0 Å². The Balaban J connectivity index is 1.33. The molecule has 0 spiro atoms. The highest BCUT2D eigenvalue weighted by atomic mass is 19.1. The van der Waals surface area contributed by atoms with Crippen molar-refractivity contribution in [3.05, 3.63) is 71.7 Å². The lowest BCUT2D eigenvalue weighted by molar-refractivity contribution is -0.114. The molecule has 0 bridgehead atoms. The standard InChI is InChI=1S/C30H30F2N6O4/c1-29(2,3)42-28(40)36-11-9-30(17-39,10-12-36)20-4-7-25-22(14-20)26-19(8-13-41-25)16-37(35-26)27-33-18-34-38(27)24-6-5-21(31)15-23(24)32/h4-7,14-18H,8-13H2,1-3H3. The first-order valence-corrected chi connectivity index (χ1v) is 13.7. The van der Waals surface area contributed by atoms with Crippen molar-refractivity contribution in [2.45, 2.75) is 51.0 Å². The van der Waals surface area contributed by atoms with Gasteiger partial charge in [-0.05, 0) is 63.4 Å². The number of ether oxygens (including phenoxy) is 2. The Morgan fingerprint density at radius 1 is 1.12 bits per heavy atom. The summed E-state index contributed by atoms with van der Waals surface area (Å²) in [5.74, 6) is -0.623. The number of aromatic nitrogens is 5. The molecule has 0 radical (unpaired) electrons. The Hall–Kier alpha value is -4.61. The van der Waals surface area contributed by atoms with Gasteiger partial charge in [-0.15, -0.1) is 0 Å². The third-order valence-corrected chi connectivity index (χ3v) is 7.63. The minimum Gasteiger partial charge on any atom is -0.493 e. The number of rotatable bonds is 4. The molecular formula is C30H30F2N6O4. The maximum Gasteiger partial charge on any atom is 0.410 e. The summed E-state index contributed by atoms with van der Waals surface area (Å²) in [6, 6.07) is 8.90. The molecule has 218 valence electrons. The highest BCUT2D eigenvalue weighted by molar-refractivity contribution is 5.77. The molecule has 0 N–H and O–H groups in total. The topological polar surface area (TPSA) is 104 Å². The quantitative estimate of drug-likeness (QED) is 0.322. The summed E-state index contributed by atoms with van der Waals surface area (Å²) in [5.41, 5.74) is 1.69. The Labute approximate surface area is 240 Å². The van der Waals surface area contributed by atoms with E-state index in [4.69, 9.17) is 14.6 Å². The lowest BCUT2D eigenvalue weighted by atomic mass is 9.73. The van der Waals surface area contributed by atoms with E-state index in [2.05, 4.69) is 10.1 Å². The van der Waals surface area contributed by atoms with E-state index in [9.17, 15) is 18.4 Å². The SMILES string of the molecule is CC(C)(C)OC(=O)N1CCC(C=O)(c2ccc3c(c2)-c2nn(-c4ncnn4-c4ccc(F)cc4F)cc2CCO3)CC1. The normalized spacial score (nSPS) is 16.2. The molecule has 12 heteroatoms. The zero-order valence-corrected chi connectivity index (χ0v) is 23.5. The fraction of sp³-hybridized carbons (Fsp3) is 0.367. The zero-order chi connectivity index (χ0) is 29.6. The van der Waals surface area contributed by atoms with Crippen LogP contribution in [0, 0.1) is 11.6 Å². The lowest BCUT2D eigenvalue weighted by Crippen LogP contribution is -2.47. The number of benzene rings is 2. The van der Waals surface area contributed by atoms with E-state index in [1.807, 2.05) is 39.0 Å². The molecule has 4 aromatic rings. The Morgan fingerprint density at radius 3 is 2.62 bits per heavy atom. The number of fused-ring (bicyclic) bond motifs is 3. The summed E-state index contributed by atoms with van der Waals surface area (Å²) in [5, 5.41) is 8.93. The number of piperidine rings is 1. The molecule has 6 rings (SSSR count). The number of nitrogens with zero attached hydrogens (tertiary/aromatic N) is 6. The molecule has 0 unspecified atom stereocenters. The van der Waals surface area contributed by atoms with Gasteiger partial charge in [0.1, 0.15) is 35.5 Å². The van der Waals surface area contributed by atoms with Crippen molar-refractivity contribution in [3.8, 4) is 28.6 Å². The first kappa shape index (κ1) is 27.6. The molecule has 2 aromatic carbocycles. The molecule has 2 aliphatic heterocycles. The van der Waals surface area contributed by atoms with Crippen LogP contribution >= 0.6 is 0 Å². The number of likely N-dealkylation sites (tertiary alicyclic amines) is 1. The van der Waals surface area contributed by atoms with E-state index in [0.717, 1.165) is 29.5 Å². The summed E-state index contributed by atoms with van der Waals surface area (Å²) in [7, 11) is 0. The number of aldehydes is 1. The van der Waals surface area contributed by atoms with Crippen LogP contribution in [0.2, 0.25) is 0 Å². The highest BCUT2D eigenvalue weighted by Gasteiger charge is 2.39. The van der Waals surface area contributed by atoms with Gasteiger partial charge in [0.25, 0.3) is 5.95 Å². The average Bonchev–Trinajstić information content (AvgIpc) is 3.56. The minimum absolute atomic E-state index is 0.0336. The third-order valence-electron chi connectivity index (χ3n) is 7.63. The van der Waals surface area contributed by atoms with Crippen LogP contribution in [0.3, 0.4) is 0 Å². The summed E-state index contributed by atoms with van der Waals surface area (Å²) in [4.78, 5) is 31.1. The predicted molar refractivity (Wildman–Crippen MR) is 148 cm³/mol. The van der Waals surface area contributed by atoms with Gasteiger partial charge >= 0.3 is 6.09 Å². The molecule has 1 amide bonds. The van der Waals surface area contributed by atoms with Crippen molar-refractivity contribution in [2.24, 2.45) is 0 Å². The van der Waals surface area contributed by atoms with E-state index in [1.54, 1.807) is 11.1 Å². The highest BCUT2D eigenvalue weighted by Crippen LogP contribution is 2.41. The van der Waals surface area contributed by atoms with Crippen molar-refractivity contribution in [1.82, 2.24) is 29.4 Å². The monoisotopic (exact) mass is 576 g/mol. The fourth-order valence-electron chi connectivity index (χ4n) is 5.45. The van der Waals surface area contributed by atoms with Gasteiger partial charge in [0.05, 0.1) is 17.7 Å². The molecule has 4 heterocycles. The maximum absolute atomic E-state index is 14.6. The van der Waals surface area contributed by atoms with Gasteiger partial charge in [-0.3, -0.25) is 0 Å². The second kappa shape index (κ2) is 10.3. The van der Waals surface area contributed by atoms with Gasteiger partial charge < -0.3 is 19.2 Å². The predicted octanol–water partition coefficient (Wildman–Crippen LogP) is 4.80. The van der Waals surface area contributed by atoms with E-state index < -0.39 is 22.7 Å². The van der Waals surface area contributed by atoms with Crippen LogP contribution in [0.1, 0.15) is 44.7 Å². The van der Waals surface area contributed by atoms with Crippen LogP contribution in [0.15, 0.2) is 48.9 Å². The van der Waals surface area contributed by atoms with E-state index in [1.165, 1.54) is 21.8 Å². The molecule has 0 saturated carbocycles. The average molecular weight is 577 g/mol. The number of halogens is 2. The van der Waals surface area contributed by atoms with Gasteiger partial charge in [-0.1, -0.05) is 6.07 Å².